The Balaban J connectivity index is 1.49. The standard InChI is InChI=1S/C12H18N2O2/c1-2-4-10(5-3-1)15-8-11-13-12(16-14-11)9-6-7-9/h9-10H,1-8H2. The summed E-state index contributed by atoms with van der Waals surface area (Å²) in [5.41, 5.74) is 0. The van der Waals surface area contributed by atoms with E-state index in [2.05, 4.69) is 10.1 Å². The molecule has 3 rings (SSSR count). The molecule has 4 nitrogen and oxygen atoms in total. The lowest BCUT2D eigenvalue weighted by Crippen LogP contribution is -2.16. The minimum absolute atomic E-state index is 0.414. The summed E-state index contributed by atoms with van der Waals surface area (Å²) in [6, 6.07) is 0. The lowest BCUT2D eigenvalue weighted by Gasteiger charge is -2.20. The zero-order valence-corrected chi connectivity index (χ0v) is 9.52. The van der Waals surface area contributed by atoms with Crippen molar-refractivity contribution in [1.29, 1.82) is 0 Å². The van der Waals surface area contributed by atoms with Crippen LogP contribution in [0.2, 0.25) is 0 Å². The second-order valence-electron chi connectivity index (χ2n) is 4.89. The van der Waals surface area contributed by atoms with E-state index in [4.69, 9.17) is 9.26 Å². The Kier molecular flexibility index (Phi) is 2.91. The third-order valence-electron chi connectivity index (χ3n) is 3.41. The maximum atomic E-state index is 5.80. The van der Waals surface area contributed by atoms with Gasteiger partial charge in [0.05, 0.1) is 6.10 Å². The first-order chi connectivity index (χ1) is 7.92. The Hall–Kier alpha value is -0.900. The molecule has 2 aliphatic carbocycles. The third kappa shape index (κ3) is 2.43. The van der Waals surface area contributed by atoms with Gasteiger partial charge in [-0.05, 0) is 25.7 Å². The van der Waals surface area contributed by atoms with E-state index in [1.165, 1.54) is 44.9 Å². The number of nitrogens with zero attached hydrogens (tertiary/aromatic N) is 2. The molecule has 0 bridgehead atoms. The van der Waals surface area contributed by atoms with Crippen LogP contribution in [-0.4, -0.2) is 16.2 Å². The van der Waals surface area contributed by atoms with E-state index in [9.17, 15) is 0 Å². The minimum atomic E-state index is 0.414. The van der Waals surface area contributed by atoms with Crippen molar-refractivity contribution in [2.24, 2.45) is 0 Å². The molecule has 88 valence electrons. The van der Waals surface area contributed by atoms with Crippen LogP contribution in [-0.2, 0) is 11.3 Å². The van der Waals surface area contributed by atoms with Gasteiger partial charge in [-0.3, -0.25) is 0 Å². The first-order valence-electron chi connectivity index (χ1n) is 6.36. The topological polar surface area (TPSA) is 48.2 Å². The summed E-state index contributed by atoms with van der Waals surface area (Å²) in [4.78, 5) is 4.35. The molecular formula is C12H18N2O2. The van der Waals surface area contributed by atoms with Crippen LogP contribution in [0.4, 0.5) is 0 Å². The SMILES string of the molecule is C1CCC(OCc2noc(C3CC3)n2)CC1. The summed E-state index contributed by atoms with van der Waals surface area (Å²) < 4.78 is 11.0. The molecule has 0 N–H and O–H groups in total. The van der Waals surface area contributed by atoms with E-state index in [1.807, 2.05) is 0 Å². The summed E-state index contributed by atoms with van der Waals surface area (Å²) in [5, 5.41) is 3.95. The lowest BCUT2D eigenvalue weighted by molar-refractivity contribution is 0.0127. The predicted molar refractivity (Wildman–Crippen MR) is 57.9 cm³/mol. The Bertz CT molecular complexity index is 341. The molecule has 0 aliphatic heterocycles. The van der Waals surface area contributed by atoms with Gasteiger partial charge < -0.3 is 9.26 Å². The molecule has 0 saturated heterocycles. The van der Waals surface area contributed by atoms with Crippen molar-refractivity contribution in [2.75, 3.05) is 0 Å². The van der Waals surface area contributed by atoms with Crippen LogP contribution in [0, 0.1) is 0 Å². The van der Waals surface area contributed by atoms with Gasteiger partial charge in [0, 0.05) is 5.92 Å². The molecule has 16 heavy (non-hydrogen) atoms. The van der Waals surface area contributed by atoms with Gasteiger partial charge in [-0.25, -0.2) is 0 Å². The van der Waals surface area contributed by atoms with Crippen molar-refractivity contribution in [2.45, 2.75) is 63.6 Å². The van der Waals surface area contributed by atoms with E-state index in [0.29, 0.717) is 24.5 Å². The molecule has 1 aromatic rings. The highest BCUT2D eigenvalue weighted by atomic mass is 16.5. The van der Waals surface area contributed by atoms with Crippen molar-refractivity contribution in [1.82, 2.24) is 10.1 Å². The second kappa shape index (κ2) is 4.53. The lowest BCUT2D eigenvalue weighted by atomic mass is 9.98. The smallest absolute Gasteiger partial charge is 0.229 e. The zero-order valence-electron chi connectivity index (χ0n) is 9.52. The molecular weight excluding hydrogens is 204 g/mol. The first-order valence-corrected chi connectivity index (χ1v) is 6.36. The van der Waals surface area contributed by atoms with Crippen molar-refractivity contribution >= 4 is 0 Å². The number of hydrogen-bond acceptors (Lipinski definition) is 4. The second-order valence-corrected chi connectivity index (χ2v) is 4.89. The molecule has 2 saturated carbocycles. The van der Waals surface area contributed by atoms with Crippen LogP contribution in [0.1, 0.15) is 62.6 Å². The summed E-state index contributed by atoms with van der Waals surface area (Å²) in [6.07, 6.45) is 9.14. The minimum Gasteiger partial charge on any atom is -0.370 e. The highest BCUT2D eigenvalue weighted by Gasteiger charge is 2.29. The molecule has 0 unspecified atom stereocenters. The fourth-order valence-electron chi connectivity index (χ4n) is 2.25. The van der Waals surface area contributed by atoms with Gasteiger partial charge in [-0.15, -0.1) is 0 Å². The number of hydrogen-bond donors (Lipinski definition) is 0. The summed E-state index contributed by atoms with van der Waals surface area (Å²) >= 11 is 0. The average molecular weight is 222 g/mol. The Morgan fingerprint density at radius 1 is 1.12 bits per heavy atom. The van der Waals surface area contributed by atoms with E-state index < -0.39 is 0 Å². The first kappa shape index (κ1) is 10.3. The fraction of sp³-hybridized carbons (Fsp3) is 0.833. The van der Waals surface area contributed by atoms with Gasteiger partial charge in [0.2, 0.25) is 5.89 Å². The van der Waals surface area contributed by atoms with Crippen LogP contribution < -0.4 is 0 Å². The predicted octanol–water partition coefficient (Wildman–Crippen LogP) is 2.80. The highest BCUT2D eigenvalue weighted by molar-refractivity contribution is 5.01. The fourth-order valence-corrected chi connectivity index (χ4v) is 2.25. The Morgan fingerprint density at radius 2 is 1.94 bits per heavy atom. The molecule has 1 aromatic heterocycles. The van der Waals surface area contributed by atoms with Crippen LogP contribution in [0.5, 0.6) is 0 Å². The number of rotatable bonds is 4. The van der Waals surface area contributed by atoms with Gasteiger partial charge in [0.25, 0.3) is 0 Å². The van der Waals surface area contributed by atoms with Crippen LogP contribution in [0.15, 0.2) is 4.52 Å². The number of aromatic nitrogens is 2. The molecule has 0 atom stereocenters. The molecule has 0 radical (unpaired) electrons. The summed E-state index contributed by atoms with van der Waals surface area (Å²) in [6.45, 7) is 0.515. The molecule has 2 fully saturated rings. The van der Waals surface area contributed by atoms with Gasteiger partial charge in [-0.2, -0.15) is 4.98 Å². The summed E-state index contributed by atoms with van der Waals surface area (Å²) in [7, 11) is 0. The van der Waals surface area contributed by atoms with Crippen molar-refractivity contribution in [3.05, 3.63) is 11.7 Å². The third-order valence-corrected chi connectivity index (χ3v) is 3.41. The summed E-state index contributed by atoms with van der Waals surface area (Å²) in [5.74, 6) is 2.06. The molecule has 2 aliphatic rings. The highest BCUT2D eigenvalue weighted by Crippen LogP contribution is 2.38. The average Bonchev–Trinajstić information content (AvgIpc) is 3.08. The van der Waals surface area contributed by atoms with E-state index in [-0.39, 0.29) is 0 Å². The quantitative estimate of drug-likeness (QED) is 0.786. The van der Waals surface area contributed by atoms with Crippen molar-refractivity contribution in [3.63, 3.8) is 0 Å². The number of ether oxygens (including phenoxy) is 1. The molecule has 1 heterocycles. The van der Waals surface area contributed by atoms with Gasteiger partial charge in [-0.1, -0.05) is 24.4 Å². The van der Waals surface area contributed by atoms with Crippen LogP contribution >= 0.6 is 0 Å². The maximum Gasteiger partial charge on any atom is 0.229 e. The molecule has 0 amide bonds. The molecule has 0 aromatic carbocycles. The van der Waals surface area contributed by atoms with Crippen LogP contribution in [0.3, 0.4) is 0 Å². The zero-order chi connectivity index (χ0) is 10.8. The monoisotopic (exact) mass is 222 g/mol. The Labute approximate surface area is 95.4 Å². The van der Waals surface area contributed by atoms with E-state index in [1.54, 1.807) is 0 Å². The normalized spacial score (nSPS) is 22.5. The molecule has 0 spiro atoms. The van der Waals surface area contributed by atoms with Gasteiger partial charge >= 0.3 is 0 Å². The largest absolute Gasteiger partial charge is 0.370 e. The maximum absolute atomic E-state index is 5.80. The molecule has 4 heteroatoms. The van der Waals surface area contributed by atoms with Gasteiger partial charge in [0.15, 0.2) is 5.82 Å². The van der Waals surface area contributed by atoms with E-state index >= 15 is 0 Å². The van der Waals surface area contributed by atoms with Crippen molar-refractivity contribution < 1.29 is 9.26 Å². The van der Waals surface area contributed by atoms with Gasteiger partial charge in [0.1, 0.15) is 6.61 Å². The van der Waals surface area contributed by atoms with Crippen LogP contribution in [0.25, 0.3) is 0 Å². The van der Waals surface area contributed by atoms with E-state index in [0.717, 1.165) is 5.89 Å². The Morgan fingerprint density at radius 3 is 2.69 bits per heavy atom. The van der Waals surface area contributed by atoms with Crippen molar-refractivity contribution in [3.8, 4) is 0 Å².